The van der Waals surface area contributed by atoms with Crippen molar-refractivity contribution < 1.29 is 4.74 Å². The number of ether oxygens (including phenoxy) is 1. The molecule has 72 valence electrons. The summed E-state index contributed by atoms with van der Waals surface area (Å²) >= 11 is 0. The predicted octanol–water partition coefficient (Wildman–Crippen LogP) is 1.07. The SMILES string of the molecule is NCCOCCNc1ccccc1. The third-order valence-corrected chi connectivity index (χ3v) is 1.61. The number of anilines is 1. The van der Waals surface area contributed by atoms with Crippen LogP contribution in [0.5, 0.6) is 0 Å². The highest BCUT2D eigenvalue weighted by molar-refractivity contribution is 5.42. The maximum Gasteiger partial charge on any atom is 0.0639 e. The van der Waals surface area contributed by atoms with Crippen molar-refractivity contribution in [3.8, 4) is 0 Å². The molecule has 3 nitrogen and oxygen atoms in total. The Morgan fingerprint density at radius 3 is 2.62 bits per heavy atom. The van der Waals surface area contributed by atoms with Gasteiger partial charge in [0, 0.05) is 18.8 Å². The second-order valence-electron chi connectivity index (χ2n) is 2.69. The van der Waals surface area contributed by atoms with Crippen molar-refractivity contribution in [2.75, 3.05) is 31.6 Å². The lowest BCUT2D eigenvalue weighted by Gasteiger charge is -2.05. The van der Waals surface area contributed by atoms with E-state index in [-0.39, 0.29) is 0 Å². The Balaban J connectivity index is 2.07. The first-order valence-electron chi connectivity index (χ1n) is 4.50. The number of rotatable bonds is 6. The number of hydrogen-bond acceptors (Lipinski definition) is 3. The summed E-state index contributed by atoms with van der Waals surface area (Å²) in [7, 11) is 0. The number of hydrogen-bond donors (Lipinski definition) is 2. The fourth-order valence-electron chi connectivity index (χ4n) is 1.01. The molecular weight excluding hydrogens is 164 g/mol. The molecule has 3 N–H and O–H groups in total. The molecule has 3 heteroatoms. The molecule has 1 aromatic rings. The summed E-state index contributed by atoms with van der Waals surface area (Å²) in [6.45, 7) is 2.75. The topological polar surface area (TPSA) is 47.3 Å². The number of para-hydroxylation sites is 1. The molecule has 0 aliphatic rings. The van der Waals surface area contributed by atoms with E-state index in [2.05, 4.69) is 5.32 Å². The third-order valence-electron chi connectivity index (χ3n) is 1.61. The summed E-state index contributed by atoms with van der Waals surface area (Å²) in [6, 6.07) is 10.1. The molecule has 0 unspecified atom stereocenters. The Hall–Kier alpha value is -1.06. The normalized spacial score (nSPS) is 9.92. The second kappa shape index (κ2) is 6.46. The van der Waals surface area contributed by atoms with E-state index in [1.807, 2.05) is 30.3 Å². The average Bonchev–Trinajstić information content (AvgIpc) is 2.19. The van der Waals surface area contributed by atoms with Gasteiger partial charge in [-0.2, -0.15) is 0 Å². The Kier molecular flexibility index (Phi) is 4.98. The zero-order chi connectivity index (χ0) is 9.36. The lowest BCUT2D eigenvalue weighted by atomic mass is 10.3. The number of benzene rings is 1. The van der Waals surface area contributed by atoms with Gasteiger partial charge in [-0.05, 0) is 12.1 Å². The second-order valence-corrected chi connectivity index (χ2v) is 2.69. The minimum Gasteiger partial charge on any atom is -0.383 e. The van der Waals surface area contributed by atoms with Gasteiger partial charge in [0.15, 0.2) is 0 Å². The molecule has 0 bridgehead atoms. The zero-order valence-corrected chi connectivity index (χ0v) is 7.70. The van der Waals surface area contributed by atoms with Gasteiger partial charge in [0.2, 0.25) is 0 Å². The average molecular weight is 180 g/mol. The van der Waals surface area contributed by atoms with Crippen molar-refractivity contribution in [1.29, 1.82) is 0 Å². The zero-order valence-electron chi connectivity index (χ0n) is 7.70. The van der Waals surface area contributed by atoms with Gasteiger partial charge in [-0.1, -0.05) is 18.2 Å². The molecular formula is C10H16N2O. The van der Waals surface area contributed by atoms with Gasteiger partial charge < -0.3 is 15.8 Å². The standard InChI is InChI=1S/C10H16N2O/c11-6-8-13-9-7-12-10-4-2-1-3-5-10/h1-5,12H,6-9,11H2. The highest BCUT2D eigenvalue weighted by Gasteiger charge is 1.88. The summed E-state index contributed by atoms with van der Waals surface area (Å²) < 4.78 is 5.22. The van der Waals surface area contributed by atoms with Crippen LogP contribution in [0.1, 0.15) is 0 Å². The summed E-state index contributed by atoms with van der Waals surface area (Å²) in [4.78, 5) is 0. The van der Waals surface area contributed by atoms with E-state index in [1.165, 1.54) is 0 Å². The molecule has 13 heavy (non-hydrogen) atoms. The number of nitrogens with one attached hydrogen (secondary N) is 1. The maximum absolute atomic E-state index is 5.28. The number of nitrogens with two attached hydrogens (primary N) is 1. The molecule has 1 aromatic carbocycles. The lowest BCUT2D eigenvalue weighted by molar-refractivity contribution is 0.151. The molecule has 0 aliphatic heterocycles. The highest BCUT2D eigenvalue weighted by atomic mass is 16.5. The fourth-order valence-corrected chi connectivity index (χ4v) is 1.01. The van der Waals surface area contributed by atoms with Crippen molar-refractivity contribution >= 4 is 5.69 Å². The van der Waals surface area contributed by atoms with Crippen LogP contribution in [0.15, 0.2) is 30.3 Å². The van der Waals surface area contributed by atoms with E-state index in [0.29, 0.717) is 19.8 Å². The first-order valence-corrected chi connectivity index (χ1v) is 4.50. The van der Waals surface area contributed by atoms with E-state index < -0.39 is 0 Å². The van der Waals surface area contributed by atoms with Gasteiger partial charge in [0.1, 0.15) is 0 Å². The summed E-state index contributed by atoms with van der Waals surface area (Å²) in [6.07, 6.45) is 0. The van der Waals surface area contributed by atoms with E-state index >= 15 is 0 Å². The van der Waals surface area contributed by atoms with Crippen molar-refractivity contribution in [2.45, 2.75) is 0 Å². The molecule has 0 amide bonds. The van der Waals surface area contributed by atoms with Crippen molar-refractivity contribution in [3.05, 3.63) is 30.3 Å². The first-order chi connectivity index (χ1) is 6.43. The van der Waals surface area contributed by atoms with Gasteiger partial charge >= 0.3 is 0 Å². The minimum atomic E-state index is 0.589. The molecule has 0 atom stereocenters. The van der Waals surface area contributed by atoms with Crippen molar-refractivity contribution in [3.63, 3.8) is 0 Å². The Bertz CT molecular complexity index is 213. The summed E-state index contributed by atoms with van der Waals surface area (Å²) in [5.74, 6) is 0. The third kappa shape index (κ3) is 4.50. The largest absolute Gasteiger partial charge is 0.383 e. The molecule has 0 spiro atoms. The Morgan fingerprint density at radius 1 is 1.15 bits per heavy atom. The van der Waals surface area contributed by atoms with Crippen LogP contribution in [-0.4, -0.2) is 26.3 Å². The van der Waals surface area contributed by atoms with Crippen LogP contribution in [0.4, 0.5) is 5.69 Å². The van der Waals surface area contributed by atoms with Gasteiger partial charge in [0.25, 0.3) is 0 Å². The van der Waals surface area contributed by atoms with E-state index in [0.717, 1.165) is 12.2 Å². The minimum absolute atomic E-state index is 0.589. The highest BCUT2D eigenvalue weighted by Crippen LogP contribution is 2.03. The Morgan fingerprint density at radius 2 is 1.92 bits per heavy atom. The molecule has 0 fully saturated rings. The van der Waals surface area contributed by atoms with Crippen LogP contribution in [0.25, 0.3) is 0 Å². The van der Waals surface area contributed by atoms with Gasteiger partial charge in [-0.15, -0.1) is 0 Å². The van der Waals surface area contributed by atoms with Crippen LogP contribution in [0.3, 0.4) is 0 Å². The molecule has 0 aliphatic carbocycles. The van der Waals surface area contributed by atoms with Crippen LogP contribution in [0, 0.1) is 0 Å². The quantitative estimate of drug-likeness (QED) is 0.644. The first kappa shape index (κ1) is 10.0. The van der Waals surface area contributed by atoms with E-state index in [9.17, 15) is 0 Å². The van der Waals surface area contributed by atoms with E-state index in [4.69, 9.17) is 10.5 Å². The molecule has 0 saturated carbocycles. The van der Waals surface area contributed by atoms with Crippen LogP contribution < -0.4 is 11.1 Å². The van der Waals surface area contributed by atoms with Crippen LogP contribution in [-0.2, 0) is 4.74 Å². The van der Waals surface area contributed by atoms with Gasteiger partial charge in [0.05, 0.1) is 13.2 Å². The van der Waals surface area contributed by atoms with E-state index in [1.54, 1.807) is 0 Å². The van der Waals surface area contributed by atoms with Crippen molar-refractivity contribution in [2.24, 2.45) is 5.73 Å². The molecule has 0 heterocycles. The maximum atomic E-state index is 5.28. The molecule has 0 radical (unpaired) electrons. The summed E-state index contributed by atoms with van der Waals surface area (Å²) in [5, 5.41) is 3.24. The Labute approximate surface area is 78.9 Å². The predicted molar refractivity (Wildman–Crippen MR) is 54.8 cm³/mol. The monoisotopic (exact) mass is 180 g/mol. The molecule has 0 saturated heterocycles. The van der Waals surface area contributed by atoms with Crippen LogP contribution >= 0.6 is 0 Å². The fraction of sp³-hybridized carbons (Fsp3) is 0.400. The van der Waals surface area contributed by atoms with Gasteiger partial charge in [-0.3, -0.25) is 0 Å². The van der Waals surface area contributed by atoms with Crippen LogP contribution in [0.2, 0.25) is 0 Å². The van der Waals surface area contributed by atoms with Crippen molar-refractivity contribution in [1.82, 2.24) is 0 Å². The molecule has 1 rings (SSSR count). The molecule has 0 aromatic heterocycles. The smallest absolute Gasteiger partial charge is 0.0639 e. The lowest BCUT2D eigenvalue weighted by Crippen LogP contribution is -2.14. The summed E-state index contributed by atoms with van der Waals surface area (Å²) in [5.41, 5.74) is 6.40. The van der Waals surface area contributed by atoms with Gasteiger partial charge in [-0.25, -0.2) is 0 Å².